The van der Waals surface area contributed by atoms with Gasteiger partial charge in [0.15, 0.2) is 0 Å². The van der Waals surface area contributed by atoms with E-state index in [0.717, 1.165) is 20.5 Å². The maximum atomic E-state index is 11.9. The van der Waals surface area contributed by atoms with E-state index >= 15 is 0 Å². The summed E-state index contributed by atoms with van der Waals surface area (Å²) in [5.41, 5.74) is 4.58. The molecule has 3 rings (SSSR count). The van der Waals surface area contributed by atoms with Gasteiger partial charge in [-0.05, 0) is 29.3 Å². The molecule has 112 valence electrons. The van der Waals surface area contributed by atoms with Crippen LogP contribution in [0.25, 0.3) is 0 Å². The van der Waals surface area contributed by atoms with Gasteiger partial charge in [-0.1, -0.05) is 46.9 Å². The summed E-state index contributed by atoms with van der Waals surface area (Å²) in [6.07, 6.45) is 2.01. The topological polar surface area (TPSA) is 67.5 Å². The Hall–Kier alpha value is -1.89. The Morgan fingerprint density at radius 3 is 2.68 bits per heavy atom. The van der Waals surface area contributed by atoms with Gasteiger partial charge in [-0.3, -0.25) is 10.2 Å². The summed E-state index contributed by atoms with van der Waals surface area (Å²) in [7, 11) is -0.253. The van der Waals surface area contributed by atoms with Crippen LogP contribution in [0, 0.1) is 0 Å². The number of hydrogen-bond acceptors (Lipinski definition) is 4. The molecule has 0 bridgehead atoms. The molecule has 2 aromatic rings. The number of nitrogens with two attached hydrogens (primary N) is 1. The largest absolute Gasteiger partial charge is 0.290 e. The van der Waals surface area contributed by atoms with Gasteiger partial charge >= 0.3 is 0 Å². The van der Waals surface area contributed by atoms with Gasteiger partial charge < -0.3 is 0 Å². The lowest BCUT2D eigenvalue weighted by molar-refractivity contribution is 0.0954. The number of carbonyl (C=O) groups excluding carboxylic acids is 1. The number of nitrogens with one attached hydrogen (secondary N) is 1. The summed E-state index contributed by atoms with van der Waals surface area (Å²) >= 11 is 1.61. The first-order valence-corrected chi connectivity index (χ1v) is 9.15. The Kier molecular flexibility index (Phi) is 4.42. The molecule has 1 heterocycles. The van der Waals surface area contributed by atoms with Crippen LogP contribution in [0.4, 0.5) is 5.69 Å². The summed E-state index contributed by atoms with van der Waals surface area (Å²) in [5, 5.41) is 2.20. The molecule has 1 amide bonds. The molecule has 0 saturated heterocycles. The van der Waals surface area contributed by atoms with Crippen molar-refractivity contribution in [2.75, 3.05) is 6.26 Å². The van der Waals surface area contributed by atoms with Gasteiger partial charge in [0.2, 0.25) is 0 Å². The van der Waals surface area contributed by atoms with Crippen LogP contribution in [-0.4, -0.2) is 21.9 Å². The molecule has 0 aliphatic carbocycles. The van der Waals surface area contributed by atoms with Crippen molar-refractivity contribution in [3.63, 3.8) is 0 Å². The van der Waals surface area contributed by atoms with E-state index in [1.807, 2.05) is 36.6 Å². The second kappa shape index (κ2) is 6.48. The van der Waals surface area contributed by atoms with Gasteiger partial charge in [0.25, 0.3) is 5.91 Å². The third-order valence-corrected chi connectivity index (χ3v) is 6.49. The number of thioether (sulfide) groups is 1. The van der Waals surface area contributed by atoms with Crippen LogP contribution in [0.3, 0.4) is 0 Å². The zero-order chi connectivity index (χ0) is 15.5. The molecule has 0 radical (unpaired) electrons. The molecule has 0 spiro atoms. The molecule has 1 aliphatic heterocycles. The maximum absolute atomic E-state index is 11.9. The first kappa shape index (κ1) is 15.0. The quantitative estimate of drug-likeness (QED) is 0.292. The van der Waals surface area contributed by atoms with Crippen LogP contribution >= 0.6 is 22.2 Å². The van der Waals surface area contributed by atoms with E-state index in [9.17, 15) is 4.79 Å². The third-order valence-electron chi connectivity index (χ3n) is 3.23. The third kappa shape index (κ3) is 2.72. The molecule has 6 heteroatoms. The summed E-state index contributed by atoms with van der Waals surface area (Å²) in [6, 6.07) is 15.8. The highest BCUT2D eigenvalue weighted by Crippen LogP contribution is 2.47. The zero-order valence-corrected chi connectivity index (χ0v) is 13.6. The summed E-state index contributed by atoms with van der Waals surface area (Å²) in [6.45, 7) is 0. The fraction of sp³-hybridized carbons (Fsp3) is 0.0625. The molecule has 1 atom stereocenters. The molecular formula is C16H15N3OS2. The second-order valence-electron chi connectivity index (χ2n) is 4.57. The van der Waals surface area contributed by atoms with E-state index < -0.39 is 0 Å². The normalized spacial score (nSPS) is 16.3. The van der Waals surface area contributed by atoms with Crippen LogP contribution < -0.4 is 11.3 Å². The lowest BCUT2D eigenvalue weighted by Crippen LogP contribution is -2.30. The van der Waals surface area contributed by atoms with Crippen molar-refractivity contribution in [2.24, 2.45) is 10.8 Å². The molecule has 1 unspecified atom stereocenters. The second-order valence-corrected chi connectivity index (χ2v) is 7.37. The van der Waals surface area contributed by atoms with Crippen molar-refractivity contribution < 1.29 is 4.79 Å². The van der Waals surface area contributed by atoms with E-state index in [2.05, 4.69) is 27.9 Å². The molecule has 0 fully saturated rings. The van der Waals surface area contributed by atoms with Crippen molar-refractivity contribution in [1.82, 2.24) is 5.43 Å². The molecule has 0 saturated carbocycles. The highest BCUT2D eigenvalue weighted by Gasteiger charge is 2.24. The lowest BCUT2D eigenvalue weighted by Gasteiger charge is -2.07. The van der Waals surface area contributed by atoms with Gasteiger partial charge in [-0.2, -0.15) is 0 Å². The van der Waals surface area contributed by atoms with E-state index in [4.69, 9.17) is 5.84 Å². The van der Waals surface area contributed by atoms with Gasteiger partial charge in [-0.15, -0.1) is 11.8 Å². The van der Waals surface area contributed by atoms with Crippen molar-refractivity contribution >= 4 is 43.6 Å². The summed E-state index contributed by atoms with van der Waals surface area (Å²) in [4.78, 5) is 17.6. The highest BCUT2D eigenvalue weighted by molar-refractivity contribution is 8.46. The van der Waals surface area contributed by atoms with Crippen LogP contribution in [0.5, 0.6) is 0 Å². The minimum absolute atomic E-state index is 0.253. The molecule has 2 aromatic carbocycles. The number of rotatable bonds is 2. The van der Waals surface area contributed by atoms with Crippen molar-refractivity contribution in [1.29, 1.82) is 0 Å². The SMILES string of the molecule is CSC1=Nc2c(C(=O)NN)cccc2S1=Cc1ccccc1. The van der Waals surface area contributed by atoms with E-state index in [-0.39, 0.29) is 16.4 Å². The van der Waals surface area contributed by atoms with Gasteiger partial charge in [0, 0.05) is 4.90 Å². The van der Waals surface area contributed by atoms with Gasteiger partial charge in [0.05, 0.1) is 11.3 Å². The number of benzene rings is 2. The van der Waals surface area contributed by atoms with E-state index in [1.165, 1.54) is 0 Å². The molecule has 3 N–H and O–H groups in total. The van der Waals surface area contributed by atoms with Crippen molar-refractivity contribution in [3.05, 3.63) is 59.7 Å². The molecule has 22 heavy (non-hydrogen) atoms. The summed E-state index contributed by atoms with van der Waals surface area (Å²) < 4.78 is 1.01. The number of carbonyl (C=O) groups is 1. The Balaban J connectivity index is 2.15. The molecule has 0 aromatic heterocycles. The monoisotopic (exact) mass is 329 g/mol. The van der Waals surface area contributed by atoms with Crippen LogP contribution in [0.2, 0.25) is 0 Å². The van der Waals surface area contributed by atoms with E-state index in [1.54, 1.807) is 17.8 Å². The van der Waals surface area contributed by atoms with E-state index in [0.29, 0.717) is 5.56 Å². The first-order valence-electron chi connectivity index (χ1n) is 6.64. The minimum Gasteiger partial charge on any atom is -0.290 e. The fourth-order valence-corrected chi connectivity index (χ4v) is 5.17. The highest BCUT2D eigenvalue weighted by atomic mass is 32.2. The van der Waals surface area contributed by atoms with Crippen molar-refractivity contribution in [3.8, 4) is 0 Å². The minimum atomic E-state index is -0.314. The fourth-order valence-electron chi connectivity index (χ4n) is 2.23. The average molecular weight is 329 g/mol. The number of nitrogen functional groups attached to an aromatic ring is 1. The summed E-state index contributed by atoms with van der Waals surface area (Å²) in [5.74, 6) is 4.95. The van der Waals surface area contributed by atoms with Gasteiger partial charge in [0.1, 0.15) is 4.38 Å². The van der Waals surface area contributed by atoms with Crippen LogP contribution in [0.15, 0.2) is 58.4 Å². The van der Waals surface area contributed by atoms with Crippen LogP contribution in [0.1, 0.15) is 15.9 Å². The number of amides is 1. The molecule has 1 aliphatic rings. The maximum Gasteiger partial charge on any atom is 0.267 e. The Morgan fingerprint density at radius 1 is 1.23 bits per heavy atom. The van der Waals surface area contributed by atoms with Crippen molar-refractivity contribution in [2.45, 2.75) is 4.90 Å². The number of fused-ring (bicyclic) bond motifs is 1. The van der Waals surface area contributed by atoms with Crippen LogP contribution in [-0.2, 0) is 0 Å². The zero-order valence-electron chi connectivity index (χ0n) is 11.9. The first-order chi connectivity index (χ1) is 10.7. The number of para-hydroxylation sites is 1. The Bertz CT molecular complexity index is 785. The predicted octanol–water partition coefficient (Wildman–Crippen LogP) is 3.13. The Morgan fingerprint density at radius 2 is 2.00 bits per heavy atom. The van der Waals surface area contributed by atoms with Gasteiger partial charge in [-0.25, -0.2) is 10.8 Å². The predicted molar refractivity (Wildman–Crippen MR) is 96.2 cm³/mol. The molecular weight excluding hydrogens is 314 g/mol. The lowest BCUT2D eigenvalue weighted by atomic mass is 10.2. The number of hydrogen-bond donors (Lipinski definition) is 2. The Labute approximate surface area is 135 Å². The number of nitrogens with zero attached hydrogens (tertiary/aromatic N) is 1. The smallest absolute Gasteiger partial charge is 0.267 e. The standard InChI is InChI=1S/C16H15N3OS2/c1-21-16-18-14-12(15(20)19-17)8-5-9-13(14)22(16)10-11-6-3-2-4-7-11/h2-10H,17H2,1H3,(H,19,20). The number of aliphatic imine (C=N–C) groups is 1. The molecule has 4 nitrogen and oxygen atoms in total. The number of hydrazine groups is 1. The average Bonchev–Trinajstić information content (AvgIpc) is 2.93.